The van der Waals surface area contributed by atoms with Gasteiger partial charge in [-0.2, -0.15) is 5.10 Å². The largest absolute Gasteiger partial charge is 0.305 e. The second kappa shape index (κ2) is 5.42. The van der Waals surface area contributed by atoms with Gasteiger partial charge in [0.1, 0.15) is 23.6 Å². The Bertz CT molecular complexity index is 1030. The number of anilines is 1. The molecule has 2 aliphatic rings. The minimum absolute atomic E-state index is 0.149. The summed E-state index contributed by atoms with van der Waals surface area (Å²) in [4.78, 5) is 20.5. The van der Waals surface area contributed by atoms with Gasteiger partial charge in [-0.15, -0.1) is 0 Å². The van der Waals surface area contributed by atoms with E-state index in [1.54, 1.807) is 6.07 Å². The lowest BCUT2D eigenvalue weighted by Crippen LogP contribution is -2.16. The van der Waals surface area contributed by atoms with Gasteiger partial charge < -0.3 is 5.32 Å². The molecule has 130 valence electrons. The van der Waals surface area contributed by atoms with Crippen molar-refractivity contribution in [3.8, 4) is 5.69 Å². The van der Waals surface area contributed by atoms with Gasteiger partial charge >= 0.3 is 0 Å². The zero-order chi connectivity index (χ0) is 17.8. The Hall–Kier alpha value is -3.16. The topological polar surface area (TPSA) is 72.7 Å². The van der Waals surface area contributed by atoms with Crippen molar-refractivity contribution in [1.29, 1.82) is 0 Å². The highest BCUT2D eigenvalue weighted by molar-refractivity contribution is 6.03. The molecule has 1 saturated carbocycles. The van der Waals surface area contributed by atoms with E-state index in [4.69, 9.17) is 0 Å². The van der Waals surface area contributed by atoms with Crippen molar-refractivity contribution in [2.45, 2.75) is 18.8 Å². The van der Waals surface area contributed by atoms with Crippen LogP contribution < -0.4 is 5.32 Å². The molecule has 6 nitrogen and oxygen atoms in total. The highest BCUT2D eigenvalue weighted by atomic mass is 19.1. The first kappa shape index (κ1) is 15.1. The van der Waals surface area contributed by atoms with Crippen molar-refractivity contribution in [3.05, 3.63) is 65.4 Å². The van der Waals surface area contributed by atoms with Crippen LogP contribution in [0.2, 0.25) is 0 Å². The zero-order valence-electron chi connectivity index (χ0n) is 13.5. The maximum absolute atomic E-state index is 14.3. The molecule has 0 unspecified atom stereocenters. The molecule has 2 atom stereocenters. The molecule has 0 aliphatic heterocycles. The van der Waals surface area contributed by atoms with Crippen molar-refractivity contribution in [2.75, 3.05) is 5.32 Å². The number of carbonyl (C=O) groups excluding carboxylic acids is 1. The van der Waals surface area contributed by atoms with Crippen molar-refractivity contribution < 1.29 is 13.6 Å². The van der Waals surface area contributed by atoms with E-state index in [0.29, 0.717) is 11.7 Å². The Morgan fingerprint density at radius 2 is 2.15 bits per heavy atom. The van der Waals surface area contributed by atoms with Crippen LogP contribution in [0, 0.1) is 17.6 Å². The van der Waals surface area contributed by atoms with E-state index >= 15 is 0 Å². The van der Waals surface area contributed by atoms with Gasteiger partial charge in [-0.1, -0.05) is 0 Å². The summed E-state index contributed by atoms with van der Waals surface area (Å²) < 4.78 is 29.0. The van der Waals surface area contributed by atoms with Crippen LogP contribution in [0.5, 0.6) is 0 Å². The average molecular weight is 353 g/mol. The summed E-state index contributed by atoms with van der Waals surface area (Å²) in [6, 6.07) is 4.93. The zero-order valence-corrected chi connectivity index (χ0v) is 13.5. The van der Waals surface area contributed by atoms with Gasteiger partial charge in [0.25, 0.3) is 5.91 Å². The number of aromatic nitrogens is 4. The fraction of sp³-hybridized carbons (Fsp3) is 0.222. The van der Waals surface area contributed by atoms with Crippen molar-refractivity contribution >= 4 is 11.7 Å². The number of nitrogens with one attached hydrogen (secondary N) is 1. The third-order valence-electron chi connectivity index (χ3n) is 4.94. The lowest BCUT2D eigenvalue weighted by Gasteiger charge is -2.07. The normalized spacial score (nSPS) is 19.8. The minimum Gasteiger partial charge on any atom is -0.305 e. The second-order valence-corrected chi connectivity index (χ2v) is 6.58. The first-order valence-corrected chi connectivity index (χ1v) is 8.26. The van der Waals surface area contributed by atoms with Gasteiger partial charge in [-0.05, 0) is 37.0 Å². The summed E-state index contributed by atoms with van der Waals surface area (Å²) in [5.74, 6) is -0.638. The van der Waals surface area contributed by atoms with E-state index in [-0.39, 0.29) is 17.3 Å². The van der Waals surface area contributed by atoms with Crippen LogP contribution >= 0.6 is 0 Å². The van der Waals surface area contributed by atoms with E-state index < -0.39 is 17.5 Å². The van der Waals surface area contributed by atoms with E-state index in [9.17, 15) is 13.6 Å². The molecule has 0 bridgehead atoms. The third-order valence-corrected chi connectivity index (χ3v) is 4.94. The van der Waals surface area contributed by atoms with Crippen LogP contribution in [-0.4, -0.2) is 25.7 Å². The summed E-state index contributed by atoms with van der Waals surface area (Å²) in [6.45, 7) is 0. The number of rotatable bonds is 3. The van der Waals surface area contributed by atoms with Gasteiger partial charge in [0.2, 0.25) is 0 Å². The molecule has 2 heterocycles. The second-order valence-electron chi connectivity index (χ2n) is 6.58. The fourth-order valence-corrected chi connectivity index (χ4v) is 3.68. The predicted octanol–water partition coefficient (Wildman–Crippen LogP) is 2.85. The number of hydrogen-bond donors (Lipinski definition) is 1. The molecule has 0 spiro atoms. The number of carbonyl (C=O) groups is 1. The first-order chi connectivity index (χ1) is 12.6. The molecule has 0 radical (unpaired) electrons. The molecule has 0 saturated heterocycles. The average Bonchev–Trinajstić information content (AvgIpc) is 3.12. The van der Waals surface area contributed by atoms with Crippen LogP contribution in [0.4, 0.5) is 14.6 Å². The molecule has 2 aliphatic carbocycles. The molecular formula is C18H13F2N5O. The summed E-state index contributed by atoms with van der Waals surface area (Å²) >= 11 is 0. The van der Waals surface area contributed by atoms with Crippen LogP contribution in [0.3, 0.4) is 0 Å². The monoisotopic (exact) mass is 353 g/mol. The Labute approximate surface area is 146 Å². The van der Waals surface area contributed by atoms with Crippen LogP contribution in [0.25, 0.3) is 5.69 Å². The first-order valence-electron chi connectivity index (χ1n) is 8.26. The van der Waals surface area contributed by atoms with Gasteiger partial charge in [-0.25, -0.2) is 23.4 Å². The highest BCUT2D eigenvalue weighted by Crippen LogP contribution is 2.57. The number of nitrogens with zero attached hydrogens (tertiary/aromatic N) is 4. The molecular weight excluding hydrogens is 340 g/mol. The lowest BCUT2D eigenvalue weighted by molar-refractivity contribution is 0.102. The highest BCUT2D eigenvalue weighted by Gasteiger charge is 2.50. The molecule has 3 aromatic rings. The summed E-state index contributed by atoms with van der Waals surface area (Å²) in [7, 11) is 0. The van der Waals surface area contributed by atoms with Crippen molar-refractivity contribution in [1.82, 2.24) is 19.7 Å². The van der Waals surface area contributed by atoms with Crippen LogP contribution in [-0.2, 0) is 6.42 Å². The van der Waals surface area contributed by atoms with E-state index in [1.807, 2.05) is 0 Å². The molecule has 1 N–H and O–H groups in total. The SMILES string of the molecule is O=C(Nc1ccncn1)c1nn(-c2ccc(F)cc2F)c2c1C[C@@H]1C[C@H]21. The third kappa shape index (κ3) is 2.29. The summed E-state index contributed by atoms with van der Waals surface area (Å²) in [5, 5.41) is 7.05. The molecule has 1 fully saturated rings. The Kier molecular flexibility index (Phi) is 3.15. The minimum atomic E-state index is -0.706. The number of benzene rings is 1. The maximum atomic E-state index is 14.3. The fourth-order valence-electron chi connectivity index (χ4n) is 3.68. The Balaban J connectivity index is 1.58. The van der Waals surface area contributed by atoms with E-state index in [0.717, 1.165) is 30.2 Å². The van der Waals surface area contributed by atoms with Crippen LogP contribution in [0.1, 0.15) is 34.1 Å². The molecule has 5 rings (SSSR count). The van der Waals surface area contributed by atoms with E-state index in [1.165, 1.54) is 29.3 Å². The maximum Gasteiger partial charge on any atom is 0.277 e. The van der Waals surface area contributed by atoms with Gasteiger partial charge in [0.15, 0.2) is 11.5 Å². The standard InChI is InChI=1S/C18H13F2N5O/c19-10-1-2-14(13(20)7-10)25-17-11-5-9(11)6-12(17)16(24-25)18(26)23-15-3-4-21-8-22-15/h1-4,7-9,11H,5-6H2,(H,21,22,23,26)/t9-,11-/m0/s1. The molecule has 1 aromatic carbocycles. The number of hydrogen-bond acceptors (Lipinski definition) is 4. The molecule has 1 amide bonds. The quantitative estimate of drug-likeness (QED) is 0.786. The number of fused-ring (bicyclic) bond motifs is 3. The number of amides is 1. The lowest BCUT2D eigenvalue weighted by atomic mass is 10.1. The number of halogens is 2. The smallest absolute Gasteiger partial charge is 0.277 e. The summed E-state index contributed by atoms with van der Waals surface area (Å²) in [6.07, 6.45) is 4.61. The molecule has 2 aromatic heterocycles. The predicted molar refractivity (Wildman–Crippen MR) is 88.0 cm³/mol. The molecule has 26 heavy (non-hydrogen) atoms. The summed E-state index contributed by atoms with van der Waals surface area (Å²) in [5.41, 5.74) is 2.10. The Morgan fingerprint density at radius 3 is 2.92 bits per heavy atom. The Morgan fingerprint density at radius 1 is 1.27 bits per heavy atom. The molecule has 8 heteroatoms. The van der Waals surface area contributed by atoms with Crippen molar-refractivity contribution in [2.24, 2.45) is 5.92 Å². The van der Waals surface area contributed by atoms with Gasteiger partial charge in [-0.3, -0.25) is 4.79 Å². The van der Waals surface area contributed by atoms with Crippen molar-refractivity contribution in [3.63, 3.8) is 0 Å². The van der Waals surface area contributed by atoms with Gasteiger partial charge in [0, 0.05) is 23.7 Å². The van der Waals surface area contributed by atoms with Crippen LogP contribution in [0.15, 0.2) is 36.8 Å². The van der Waals surface area contributed by atoms with E-state index in [2.05, 4.69) is 20.4 Å². The van der Waals surface area contributed by atoms with Gasteiger partial charge in [0.05, 0.1) is 5.69 Å².